The van der Waals surface area contributed by atoms with Gasteiger partial charge in [-0.25, -0.2) is 4.98 Å². The van der Waals surface area contributed by atoms with Crippen molar-refractivity contribution in [1.82, 2.24) is 19.8 Å². The van der Waals surface area contributed by atoms with Crippen LogP contribution in [0.4, 0.5) is 0 Å². The van der Waals surface area contributed by atoms with Gasteiger partial charge >= 0.3 is 0 Å². The summed E-state index contributed by atoms with van der Waals surface area (Å²) in [6.07, 6.45) is 6.05. The molecule has 146 valence electrons. The maximum absolute atomic E-state index is 12.4. The summed E-state index contributed by atoms with van der Waals surface area (Å²) in [5, 5.41) is 3.53. The van der Waals surface area contributed by atoms with Crippen molar-refractivity contribution in [2.24, 2.45) is 5.92 Å². The summed E-state index contributed by atoms with van der Waals surface area (Å²) < 4.78 is 7.31. The topological polar surface area (TPSA) is 59.4 Å². The fraction of sp³-hybridized carbons (Fsp3) is 0.500. The van der Waals surface area contributed by atoms with Crippen molar-refractivity contribution in [3.8, 4) is 0 Å². The van der Waals surface area contributed by atoms with Gasteiger partial charge in [0.15, 0.2) is 0 Å². The Bertz CT molecular complexity index is 749. The van der Waals surface area contributed by atoms with Crippen molar-refractivity contribution in [3.63, 3.8) is 0 Å². The van der Waals surface area contributed by atoms with E-state index in [9.17, 15) is 4.79 Å². The fourth-order valence-corrected chi connectivity index (χ4v) is 3.76. The molecule has 0 saturated carbocycles. The van der Waals surface area contributed by atoms with Gasteiger partial charge in [-0.15, -0.1) is 0 Å². The average molecular weight is 391 g/mol. The van der Waals surface area contributed by atoms with Crippen molar-refractivity contribution >= 4 is 17.5 Å². The number of hydrogen-bond acceptors (Lipinski definition) is 4. The fourth-order valence-electron chi connectivity index (χ4n) is 3.54. The lowest BCUT2D eigenvalue weighted by Gasteiger charge is -2.32. The van der Waals surface area contributed by atoms with Crippen LogP contribution in [0.2, 0.25) is 5.02 Å². The smallest absolute Gasteiger partial charge is 0.252 e. The van der Waals surface area contributed by atoms with E-state index in [0.717, 1.165) is 39.0 Å². The molecule has 1 amide bonds. The maximum Gasteiger partial charge on any atom is 0.252 e. The lowest BCUT2D eigenvalue weighted by atomic mass is 9.97. The number of nitrogens with zero attached hydrogens (tertiary/aromatic N) is 3. The highest BCUT2D eigenvalue weighted by Gasteiger charge is 2.22. The predicted molar refractivity (Wildman–Crippen MR) is 106 cm³/mol. The molecule has 0 spiro atoms. The molecular weight excluding hydrogens is 364 g/mol. The molecule has 0 unspecified atom stereocenters. The van der Waals surface area contributed by atoms with Crippen LogP contribution in [-0.4, -0.2) is 53.7 Å². The number of methoxy groups -OCH3 is 1. The Morgan fingerprint density at radius 2 is 2.26 bits per heavy atom. The number of imidazole rings is 1. The number of rotatable bonds is 8. The molecule has 0 bridgehead atoms. The molecule has 1 aromatic carbocycles. The van der Waals surface area contributed by atoms with E-state index in [2.05, 4.69) is 19.8 Å². The van der Waals surface area contributed by atoms with Gasteiger partial charge in [-0.2, -0.15) is 0 Å². The third kappa shape index (κ3) is 5.54. The number of amides is 1. The van der Waals surface area contributed by atoms with Crippen LogP contribution in [0.15, 0.2) is 36.8 Å². The molecule has 0 aliphatic carbocycles. The lowest BCUT2D eigenvalue weighted by Crippen LogP contribution is -2.40. The minimum atomic E-state index is -0.102. The van der Waals surface area contributed by atoms with Crippen molar-refractivity contribution in [2.45, 2.75) is 25.9 Å². The first-order valence-corrected chi connectivity index (χ1v) is 9.78. The monoisotopic (exact) mass is 390 g/mol. The van der Waals surface area contributed by atoms with Gasteiger partial charge in [-0.1, -0.05) is 23.7 Å². The molecule has 3 rings (SSSR count). The first-order valence-electron chi connectivity index (χ1n) is 9.40. The molecule has 7 heteroatoms. The van der Waals surface area contributed by atoms with Gasteiger partial charge in [0.05, 0.1) is 29.2 Å². The standard InChI is InChI=1S/C20H27ClN4O2/c1-27-10-9-25-15-22-12-17(25)14-24-8-4-5-16(13-24)11-23-20(26)18-6-2-3-7-19(18)21/h2-3,6-7,12,15-16H,4-5,8-11,13-14H2,1H3,(H,23,26)/t16-/m1/s1. The van der Waals surface area contributed by atoms with E-state index in [1.165, 1.54) is 5.69 Å². The van der Waals surface area contributed by atoms with Crippen LogP contribution in [-0.2, 0) is 17.8 Å². The van der Waals surface area contributed by atoms with Crippen molar-refractivity contribution < 1.29 is 9.53 Å². The first kappa shape index (κ1) is 19.9. The number of ether oxygens (including phenoxy) is 1. The number of carbonyl (C=O) groups is 1. The second-order valence-electron chi connectivity index (χ2n) is 7.00. The molecule has 1 N–H and O–H groups in total. The van der Waals surface area contributed by atoms with Crippen LogP contribution in [0, 0.1) is 5.92 Å². The maximum atomic E-state index is 12.4. The zero-order chi connectivity index (χ0) is 19.1. The van der Waals surface area contributed by atoms with Gasteiger partial charge in [0.25, 0.3) is 5.91 Å². The van der Waals surface area contributed by atoms with E-state index < -0.39 is 0 Å². The van der Waals surface area contributed by atoms with Crippen LogP contribution in [0.1, 0.15) is 28.9 Å². The Morgan fingerprint density at radius 3 is 3.07 bits per heavy atom. The van der Waals surface area contributed by atoms with E-state index in [1.54, 1.807) is 19.2 Å². The van der Waals surface area contributed by atoms with Gasteiger partial charge in [0.1, 0.15) is 0 Å². The molecule has 27 heavy (non-hydrogen) atoms. The number of piperidine rings is 1. The second kappa shape index (κ2) is 9.88. The third-order valence-electron chi connectivity index (χ3n) is 4.99. The van der Waals surface area contributed by atoms with Crippen LogP contribution < -0.4 is 5.32 Å². The van der Waals surface area contributed by atoms with E-state index in [4.69, 9.17) is 16.3 Å². The van der Waals surface area contributed by atoms with Crippen LogP contribution in [0.25, 0.3) is 0 Å². The summed E-state index contributed by atoms with van der Waals surface area (Å²) in [6.45, 7) is 5.09. The highest BCUT2D eigenvalue weighted by molar-refractivity contribution is 6.33. The van der Waals surface area contributed by atoms with Gasteiger partial charge in [0, 0.05) is 39.5 Å². The summed E-state index contributed by atoms with van der Waals surface area (Å²) in [4.78, 5) is 19.1. The molecule has 1 aliphatic heterocycles. The van der Waals surface area contributed by atoms with Crippen molar-refractivity contribution in [2.75, 3.05) is 33.4 Å². The van der Waals surface area contributed by atoms with Gasteiger partial charge in [0.2, 0.25) is 0 Å². The van der Waals surface area contributed by atoms with E-state index in [-0.39, 0.29) is 5.91 Å². The van der Waals surface area contributed by atoms with Crippen molar-refractivity contribution in [1.29, 1.82) is 0 Å². The minimum Gasteiger partial charge on any atom is -0.383 e. The Hall–Kier alpha value is -1.89. The van der Waals surface area contributed by atoms with Crippen LogP contribution in [0.3, 0.4) is 0 Å². The number of halogens is 1. The normalized spacial score (nSPS) is 17.8. The third-order valence-corrected chi connectivity index (χ3v) is 5.32. The highest BCUT2D eigenvalue weighted by Crippen LogP contribution is 2.19. The van der Waals surface area contributed by atoms with E-state index in [0.29, 0.717) is 29.7 Å². The molecule has 1 aliphatic rings. The zero-order valence-corrected chi connectivity index (χ0v) is 16.5. The molecule has 0 radical (unpaired) electrons. The number of benzene rings is 1. The molecule has 1 fully saturated rings. The SMILES string of the molecule is COCCn1cncc1CN1CCC[C@H](CNC(=O)c2ccccc2Cl)C1. The number of nitrogens with one attached hydrogen (secondary N) is 1. The molecule has 2 aromatic rings. The Morgan fingerprint density at radius 1 is 1.41 bits per heavy atom. The largest absolute Gasteiger partial charge is 0.383 e. The molecule has 2 heterocycles. The molecule has 1 saturated heterocycles. The van der Waals surface area contributed by atoms with E-state index >= 15 is 0 Å². The quantitative estimate of drug-likeness (QED) is 0.753. The van der Waals surface area contributed by atoms with Gasteiger partial charge in [-0.05, 0) is 37.4 Å². The molecular formula is C20H27ClN4O2. The Labute approximate surface area is 165 Å². The summed E-state index contributed by atoms with van der Waals surface area (Å²) in [5.41, 5.74) is 1.74. The molecule has 1 atom stereocenters. The van der Waals surface area contributed by atoms with E-state index in [1.807, 2.05) is 24.7 Å². The number of carbonyl (C=O) groups excluding carboxylic acids is 1. The number of aromatic nitrogens is 2. The molecule has 1 aromatic heterocycles. The predicted octanol–water partition coefficient (Wildman–Crippen LogP) is 2.82. The summed E-state index contributed by atoms with van der Waals surface area (Å²) in [7, 11) is 1.71. The minimum absolute atomic E-state index is 0.102. The first-order chi connectivity index (χ1) is 13.2. The summed E-state index contributed by atoms with van der Waals surface area (Å²) in [6, 6.07) is 7.16. The zero-order valence-electron chi connectivity index (χ0n) is 15.7. The van der Waals surface area contributed by atoms with Gasteiger partial charge < -0.3 is 14.6 Å². The summed E-state index contributed by atoms with van der Waals surface area (Å²) >= 11 is 6.11. The Balaban J connectivity index is 1.50. The van der Waals surface area contributed by atoms with Crippen LogP contribution in [0.5, 0.6) is 0 Å². The number of hydrogen-bond donors (Lipinski definition) is 1. The van der Waals surface area contributed by atoms with Crippen LogP contribution >= 0.6 is 11.6 Å². The highest BCUT2D eigenvalue weighted by atomic mass is 35.5. The summed E-state index contributed by atoms with van der Waals surface area (Å²) in [5.74, 6) is 0.343. The second-order valence-corrected chi connectivity index (χ2v) is 7.41. The lowest BCUT2D eigenvalue weighted by molar-refractivity contribution is 0.0930. The Kier molecular flexibility index (Phi) is 7.26. The molecule has 6 nitrogen and oxygen atoms in total. The average Bonchev–Trinajstić information content (AvgIpc) is 3.12. The number of likely N-dealkylation sites (tertiary alicyclic amines) is 1. The van der Waals surface area contributed by atoms with Crippen molar-refractivity contribution in [3.05, 3.63) is 53.1 Å². The van der Waals surface area contributed by atoms with Gasteiger partial charge in [-0.3, -0.25) is 9.69 Å².